The van der Waals surface area contributed by atoms with Crippen LogP contribution in [0, 0.1) is 5.92 Å². The van der Waals surface area contributed by atoms with Crippen LogP contribution in [0.15, 0.2) is 30.3 Å². The van der Waals surface area contributed by atoms with Crippen molar-refractivity contribution in [2.75, 3.05) is 7.05 Å². The number of aromatic nitrogens is 2. The lowest BCUT2D eigenvalue weighted by molar-refractivity contribution is -0.274. The number of nitrogens with zero attached hydrogens (tertiary/aromatic N) is 2. The molecule has 0 aliphatic heterocycles. The van der Waals surface area contributed by atoms with Gasteiger partial charge in [0.05, 0.1) is 11.4 Å². The third kappa shape index (κ3) is 6.14. The van der Waals surface area contributed by atoms with Gasteiger partial charge in [-0.2, -0.15) is 5.10 Å². The third-order valence-electron chi connectivity index (χ3n) is 4.73. The van der Waals surface area contributed by atoms with Crippen LogP contribution in [0.4, 0.5) is 13.2 Å². The minimum Gasteiger partial charge on any atom is -0.406 e. The van der Waals surface area contributed by atoms with Crippen molar-refractivity contribution in [2.45, 2.75) is 51.6 Å². The summed E-state index contributed by atoms with van der Waals surface area (Å²) in [7, 11) is 1.86. The molecule has 0 amide bonds. The lowest BCUT2D eigenvalue weighted by Gasteiger charge is -2.22. The van der Waals surface area contributed by atoms with Crippen LogP contribution < -0.4 is 10.1 Å². The smallest absolute Gasteiger partial charge is 0.406 e. The third-order valence-corrected chi connectivity index (χ3v) is 4.73. The Morgan fingerprint density at radius 1 is 1.15 bits per heavy atom. The summed E-state index contributed by atoms with van der Waals surface area (Å²) in [4.78, 5) is 0. The Balaban J connectivity index is 0.00000261. The number of halogens is 4. The van der Waals surface area contributed by atoms with Gasteiger partial charge in [0, 0.05) is 18.7 Å². The lowest BCUT2D eigenvalue weighted by Crippen LogP contribution is -2.17. The molecule has 0 radical (unpaired) electrons. The molecule has 8 heteroatoms. The van der Waals surface area contributed by atoms with E-state index in [2.05, 4.69) is 10.1 Å². The molecular weight excluding hydrogens is 379 g/mol. The molecule has 1 aromatic carbocycles. The average Bonchev–Trinajstić information content (AvgIpc) is 2.98. The maximum Gasteiger partial charge on any atom is 0.573 e. The second kappa shape index (κ2) is 9.46. The summed E-state index contributed by atoms with van der Waals surface area (Å²) in [5.74, 6) is 0.396. The van der Waals surface area contributed by atoms with Crippen LogP contribution in [0.2, 0.25) is 0 Å². The van der Waals surface area contributed by atoms with Gasteiger partial charge in [-0.25, -0.2) is 0 Å². The minimum absolute atomic E-state index is 0. The van der Waals surface area contributed by atoms with Crippen molar-refractivity contribution in [3.63, 3.8) is 0 Å². The number of rotatable bonds is 6. The van der Waals surface area contributed by atoms with Crippen molar-refractivity contribution >= 4 is 12.4 Å². The summed E-state index contributed by atoms with van der Waals surface area (Å²) < 4.78 is 43.0. The molecule has 0 spiro atoms. The van der Waals surface area contributed by atoms with E-state index in [4.69, 9.17) is 5.10 Å². The monoisotopic (exact) mass is 403 g/mol. The van der Waals surface area contributed by atoms with Crippen LogP contribution in [0.25, 0.3) is 11.3 Å². The van der Waals surface area contributed by atoms with E-state index in [9.17, 15) is 13.2 Å². The lowest BCUT2D eigenvalue weighted by atomic mass is 9.89. The van der Waals surface area contributed by atoms with Crippen molar-refractivity contribution in [2.24, 2.45) is 5.92 Å². The highest BCUT2D eigenvalue weighted by atomic mass is 35.5. The van der Waals surface area contributed by atoms with Gasteiger partial charge in [0.1, 0.15) is 5.75 Å². The van der Waals surface area contributed by atoms with Gasteiger partial charge in [-0.05, 0) is 56.1 Å². The standard InChI is InChI=1S/C19H24F3N3O.ClH/c1-23-12-16-11-18(25(24-16)13-14-5-3-2-4-6-14)15-7-9-17(10-8-15)26-19(20,21)22;/h7-11,14,23H,2-6,12-13H2,1H3;1H. The highest BCUT2D eigenvalue weighted by Crippen LogP contribution is 2.30. The zero-order valence-corrected chi connectivity index (χ0v) is 16.1. The summed E-state index contributed by atoms with van der Waals surface area (Å²) in [6.45, 7) is 1.50. The van der Waals surface area contributed by atoms with Crippen molar-refractivity contribution in [1.82, 2.24) is 15.1 Å². The summed E-state index contributed by atoms with van der Waals surface area (Å²) in [5.41, 5.74) is 2.69. The van der Waals surface area contributed by atoms with Crippen molar-refractivity contribution in [1.29, 1.82) is 0 Å². The van der Waals surface area contributed by atoms with E-state index in [-0.39, 0.29) is 18.2 Å². The molecule has 27 heavy (non-hydrogen) atoms. The van der Waals surface area contributed by atoms with E-state index >= 15 is 0 Å². The normalized spacial score (nSPS) is 15.4. The topological polar surface area (TPSA) is 39.1 Å². The summed E-state index contributed by atoms with van der Waals surface area (Å²) in [6, 6.07) is 7.99. The maximum absolute atomic E-state index is 12.3. The van der Waals surface area contributed by atoms with E-state index in [1.54, 1.807) is 12.1 Å². The van der Waals surface area contributed by atoms with E-state index in [1.165, 1.54) is 44.2 Å². The Morgan fingerprint density at radius 2 is 1.81 bits per heavy atom. The summed E-state index contributed by atoms with van der Waals surface area (Å²) >= 11 is 0. The van der Waals surface area contributed by atoms with E-state index in [1.807, 2.05) is 17.8 Å². The van der Waals surface area contributed by atoms with E-state index < -0.39 is 6.36 Å². The predicted octanol–water partition coefficient (Wildman–Crippen LogP) is 5.17. The highest BCUT2D eigenvalue weighted by molar-refractivity contribution is 5.85. The second-order valence-corrected chi connectivity index (χ2v) is 6.81. The molecule has 0 bridgehead atoms. The second-order valence-electron chi connectivity index (χ2n) is 6.81. The van der Waals surface area contributed by atoms with Crippen molar-refractivity contribution in [3.8, 4) is 17.0 Å². The van der Waals surface area contributed by atoms with Gasteiger partial charge in [0.15, 0.2) is 0 Å². The molecule has 4 nitrogen and oxygen atoms in total. The average molecular weight is 404 g/mol. The van der Waals surface area contributed by atoms with Crippen LogP contribution in [-0.2, 0) is 13.1 Å². The SMILES string of the molecule is CNCc1cc(-c2ccc(OC(F)(F)F)cc2)n(CC2CCCCC2)n1.Cl. The Kier molecular flexibility index (Phi) is 7.56. The molecule has 1 aromatic heterocycles. The van der Waals surface area contributed by atoms with Gasteiger partial charge < -0.3 is 10.1 Å². The molecule has 0 atom stereocenters. The Hall–Kier alpha value is -1.73. The molecule has 0 unspecified atom stereocenters. The molecule has 2 aromatic rings. The molecular formula is C19H25ClF3N3O. The first-order valence-electron chi connectivity index (χ1n) is 9.02. The minimum atomic E-state index is -4.68. The summed E-state index contributed by atoms with van der Waals surface area (Å²) in [5, 5.41) is 7.79. The van der Waals surface area contributed by atoms with Gasteiger partial charge in [0.2, 0.25) is 0 Å². The Morgan fingerprint density at radius 3 is 2.41 bits per heavy atom. The van der Waals surface area contributed by atoms with Gasteiger partial charge >= 0.3 is 6.36 Å². The van der Waals surface area contributed by atoms with Gasteiger partial charge in [0.25, 0.3) is 0 Å². The number of alkyl halides is 3. The fourth-order valence-electron chi connectivity index (χ4n) is 3.55. The molecule has 150 valence electrons. The quantitative estimate of drug-likeness (QED) is 0.723. The molecule has 1 aliphatic rings. The molecule has 0 saturated heterocycles. The largest absolute Gasteiger partial charge is 0.573 e. The number of ether oxygens (including phenoxy) is 1. The molecule has 1 N–H and O–H groups in total. The van der Waals surface area contributed by atoms with Crippen LogP contribution >= 0.6 is 12.4 Å². The number of hydrogen-bond acceptors (Lipinski definition) is 3. The van der Waals surface area contributed by atoms with Crippen LogP contribution in [-0.4, -0.2) is 23.2 Å². The first-order valence-corrected chi connectivity index (χ1v) is 9.02. The molecule has 1 heterocycles. The van der Waals surface area contributed by atoms with E-state index in [0.29, 0.717) is 12.5 Å². The van der Waals surface area contributed by atoms with Crippen LogP contribution in [0.3, 0.4) is 0 Å². The Labute approximate surface area is 163 Å². The van der Waals surface area contributed by atoms with E-state index in [0.717, 1.165) is 23.5 Å². The first kappa shape index (κ1) is 21.6. The van der Waals surface area contributed by atoms with Gasteiger partial charge in [-0.1, -0.05) is 19.3 Å². The van der Waals surface area contributed by atoms with Crippen molar-refractivity contribution in [3.05, 3.63) is 36.0 Å². The molecule has 1 aliphatic carbocycles. The fraction of sp³-hybridized carbons (Fsp3) is 0.526. The van der Waals surface area contributed by atoms with Crippen LogP contribution in [0.1, 0.15) is 37.8 Å². The zero-order valence-electron chi connectivity index (χ0n) is 15.3. The molecule has 1 fully saturated rings. The number of benzene rings is 1. The number of nitrogens with one attached hydrogen (secondary N) is 1. The Bertz CT molecular complexity index is 710. The zero-order chi connectivity index (χ0) is 18.6. The van der Waals surface area contributed by atoms with Gasteiger partial charge in [-0.3, -0.25) is 4.68 Å². The van der Waals surface area contributed by atoms with Crippen LogP contribution in [0.5, 0.6) is 5.75 Å². The molecule has 1 saturated carbocycles. The highest BCUT2D eigenvalue weighted by Gasteiger charge is 2.31. The fourth-order valence-corrected chi connectivity index (χ4v) is 3.55. The number of hydrogen-bond donors (Lipinski definition) is 1. The summed E-state index contributed by atoms with van der Waals surface area (Å²) in [6.07, 6.45) is 1.55. The molecule has 3 rings (SSSR count). The first-order chi connectivity index (χ1) is 12.4. The predicted molar refractivity (Wildman–Crippen MR) is 101 cm³/mol. The van der Waals surface area contributed by atoms with Gasteiger partial charge in [-0.15, -0.1) is 25.6 Å². The van der Waals surface area contributed by atoms with Crippen molar-refractivity contribution < 1.29 is 17.9 Å². The maximum atomic E-state index is 12.3.